The van der Waals surface area contributed by atoms with Crippen molar-refractivity contribution >= 4 is 12.1 Å². The lowest BCUT2D eigenvalue weighted by atomic mass is 9.75. The molecule has 2 rings (SSSR count). The van der Waals surface area contributed by atoms with Crippen molar-refractivity contribution in [2.24, 2.45) is 17.3 Å². The van der Waals surface area contributed by atoms with Crippen LogP contribution >= 0.6 is 0 Å². The number of fused-ring (bicyclic) bond motifs is 3. The number of aliphatic hydroxyl groups is 1. The lowest BCUT2D eigenvalue weighted by Crippen LogP contribution is -2.27. The molecule has 130 valence electrons. The first-order valence-corrected chi connectivity index (χ1v) is 8.60. The van der Waals surface area contributed by atoms with Crippen LogP contribution in [0.1, 0.15) is 46.5 Å². The fourth-order valence-electron chi connectivity index (χ4n) is 3.75. The molecule has 3 nitrogen and oxygen atoms in total. The molecule has 0 spiro atoms. The smallest absolute Gasteiger partial charge is 0.146 e. The Kier molecular flexibility index (Phi) is 5.44. The molecule has 1 fully saturated rings. The number of carbonyl (C=O) groups is 2. The minimum atomic E-state index is -0.932. The number of hydrogen-bond donors (Lipinski definition) is 1. The van der Waals surface area contributed by atoms with Crippen molar-refractivity contribution in [2.75, 3.05) is 0 Å². The molecule has 1 N–H and O–H groups in total. The van der Waals surface area contributed by atoms with Gasteiger partial charge < -0.3 is 5.11 Å². The average molecular weight is 328 g/mol. The summed E-state index contributed by atoms with van der Waals surface area (Å²) in [5, 5.41) is 9.77. The van der Waals surface area contributed by atoms with Gasteiger partial charge in [-0.2, -0.15) is 0 Å². The van der Waals surface area contributed by atoms with Gasteiger partial charge in [0.05, 0.1) is 5.60 Å². The number of Topliss-reactive ketones (excluding diaryl/α,β-unsaturated/α-hetero) is 1. The van der Waals surface area contributed by atoms with Crippen LogP contribution in [0.5, 0.6) is 0 Å². The minimum Gasteiger partial charge on any atom is -0.386 e. The summed E-state index contributed by atoms with van der Waals surface area (Å²) in [5.41, 5.74) is 0.449. The van der Waals surface area contributed by atoms with Gasteiger partial charge in [0.2, 0.25) is 0 Å². The molecule has 0 saturated heterocycles. The van der Waals surface area contributed by atoms with Crippen LogP contribution < -0.4 is 0 Å². The van der Waals surface area contributed by atoms with E-state index in [1.807, 2.05) is 0 Å². The maximum Gasteiger partial charge on any atom is 0.146 e. The van der Waals surface area contributed by atoms with Crippen molar-refractivity contribution in [1.29, 1.82) is 0 Å². The Morgan fingerprint density at radius 1 is 1.46 bits per heavy atom. The molecular formula is C21H28O3. The lowest BCUT2D eigenvalue weighted by Gasteiger charge is -2.27. The van der Waals surface area contributed by atoms with Crippen molar-refractivity contribution in [1.82, 2.24) is 0 Å². The first-order valence-electron chi connectivity index (χ1n) is 8.60. The van der Waals surface area contributed by atoms with Crippen molar-refractivity contribution in [3.8, 4) is 0 Å². The zero-order chi connectivity index (χ0) is 18.0. The fourth-order valence-corrected chi connectivity index (χ4v) is 3.75. The molecule has 0 aromatic heterocycles. The Hall–Kier alpha value is -1.74. The standard InChI is InChI=1S/C21H28O3/c1-15-7-5-11-21(4)12-9-17(19(15)18(23)13-21)16(14-22)8-6-10-20(2,3)24/h5-6,8,10-11,14,17,19,24H,1,7,9,12-13H2,2-4H3/b10-6+,11-5-,16-8-/t17-,19+,21-/m1/s1. The summed E-state index contributed by atoms with van der Waals surface area (Å²) in [7, 11) is 0. The summed E-state index contributed by atoms with van der Waals surface area (Å²) >= 11 is 0. The van der Waals surface area contributed by atoms with Crippen LogP contribution in [0.3, 0.4) is 0 Å². The summed E-state index contributed by atoms with van der Waals surface area (Å²) < 4.78 is 0. The van der Waals surface area contributed by atoms with Crippen LogP contribution in [0, 0.1) is 17.3 Å². The summed E-state index contributed by atoms with van der Waals surface area (Å²) in [6.45, 7) is 9.60. The van der Waals surface area contributed by atoms with Crippen LogP contribution in [-0.2, 0) is 9.59 Å². The van der Waals surface area contributed by atoms with Crippen molar-refractivity contribution in [3.63, 3.8) is 0 Å². The summed E-state index contributed by atoms with van der Waals surface area (Å²) in [5.74, 6) is -0.229. The summed E-state index contributed by atoms with van der Waals surface area (Å²) in [6.07, 6.45) is 13.1. The molecule has 0 aromatic carbocycles. The molecule has 0 aromatic rings. The van der Waals surface area contributed by atoms with Crippen LogP contribution in [0.2, 0.25) is 0 Å². The van der Waals surface area contributed by atoms with Crippen LogP contribution in [0.15, 0.2) is 48.1 Å². The molecule has 0 heterocycles. The fraction of sp³-hybridized carbons (Fsp3) is 0.524. The van der Waals surface area contributed by atoms with Crippen molar-refractivity contribution in [3.05, 3.63) is 48.1 Å². The van der Waals surface area contributed by atoms with E-state index in [1.165, 1.54) is 0 Å². The van der Waals surface area contributed by atoms with Gasteiger partial charge in [-0.1, -0.05) is 49.5 Å². The molecule has 3 heteroatoms. The molecule has 1 saturated carbocycles. The van der Waals surface area contributed by atoms with E-state index in [0.717, 1.165) is 24.7 Å². The largest absolute Gasteiger partial charge is 0.386 e. The predicted molar refractivity (Wildman–Crippen MR) is 96.4 cm³/mol. The average Bonchev–Trinajstić information content (AvgIpc) is 2.54. The zero-order valence-electron chi connectivity index (χ0n) is 14.9. The quantitative estimate of drug-likeness (QED) is 0.368. The van der Waals surface area contributed by atoms with Crippen molar-refractivity contribution in [2.45, 2.75) is 52.1 Å². The monoisotopic (exact) mass is 328 g/mol. The number of rotatable bonds is 4. The van der Waals surface area contributed by atoms with Crippen molar-refractivity contribution < 1.29 is 14.7 Å². The molecule has 24 heavy (non-hydrogen) atoms. The van der Waals surface area contributed by atoms with E-state index in [9.17, 15) is 14.7 Å². The van der Waals surface area contributed by atoms with Gasteiger partial charge in [0, 0.05) is 18.3 Å². The van der Waals surface area contributed by atoms with E-state index in [-0.39, 0.29) is 23.0 Å². The number of carbonyl (C=O) groups excluding carboxylic acids is 2. The highest BCUT2D eigenvalue weighted by atomic mass is 16.3. The first-order chi connectivity index (χ1) is 11.2. The highest BCUT2D eigenvalue weighted by molar-refractivity contribution is 5.88. The van der Waals surface area contributed by atoms with E-state index in [2.05, 4.69) is 25.7 Å². The summed E-state index contributed by atoms with van der Waals surface area (Å²) in [4.78, 5) is 24.5. The highest BCUT2D eigenvalue weighted by Crippen LogP contribution is 2.45. The maximum absolute atomic E-state index is 12.8. The molecule has 2 bridgehead atoms. The minimum absolute atomic E-state index is 0.123. The normalized spacial score (nSPS) is 33.2. The van der Waals surface area contributed by atoms with E-state index in [1.54, 1.807) is 32.1 Å². The highest BCUT2D eigenvalue weighted by Gasteiger charge is 2.41. The topological polar surface area (TPSA) is 54.4 Å². The first kappa shape index (κ1) is 18.6. The molecule has 0 unspecified atom stereocenters. The molecule has 2 aliphatic carbocycles. The number of hydrogen-bond acceptors (Lipinski definition) is 3. The molecule has 2 aliphatic rings. The van der Waals surface area contributed by atoms with E-state index in [4.69, 9.17) is 0 Å². The van der Waals surface area contributed by atoms with Crippen LogP contribution in [-0.4, -0.2) is 22.8 Å². The second kappa shape index (κ2) is 7.02. The van der Waals surface area contributed by atoms with E-state index >= 15 is 0 Å². The van der Waals surface area contributed by atoms with Gasteiger partial charge >= 0.3 is 0 Å². The third-order valence-corrected chi connectivity index (χ3v) is 5.05. The van der Waals surface area contributed by atoms with Gasteiger partial charge in [-0.15, -0.1) is 0 Å². The second-order valence-corrected chi connectivity index (χ2v) is 7.98. The van der Waals surface area contributed by atoms with Gasteiger partial charge in [-0.05, 0) is 44.1 Å². The molecule has 0 aliphatic heterocycles. The Balaban J connectivity index is 2.39. The Morgan fingerprint density at radius 3 is 2.79 bits per heavy atom. The predicted octanol–water partition coefficient (Wildman–Crippen LogP) is 3.95. The SMILES string of the molecule is C=C1C/C=C\[C@]2(C)CC[C@H](/C(C=O)=C\C=C\C(C)(C)O)[C@H]1C(=O)C2. The second-order valence-electron chi connectivity index (χ2n) is 7.98. The Labute approximate surface area is 144 Å². The molecule has 3 atom stereocenters. The summed E-state index contributed by atoms with van der Waals surface area (Å²) in [6, 6.07) is 0. The molecular weight excluding hydrogens is 300 g/mol. The van der Waals surface area contributed by atoms with Gasteiger partial charge in [0.25, 0.3) is 0 Å². The zero-order valence-corrected chi connectivity index (χ0v) is 14.9. The van der Waals surface area contributed by atoms with Gasteiger partial charge in [0.1, 0.15) is 12.1 Å². The Bertz CT molecular complexity index is 615. The Morgan fingerprint density at radius 2 is 2.17 bits per heavy atom. The van der Waals surface area contributed by atoms with Crippen LogP contribution in [0.4, 0.5) is 0 Å². The third-order valence-electron chi connectivity index (χ3n) is 5.05. The van der Waals surface area contributed by atoms with Crippen LogP contribution in [0.25, 0.3) is 0 Å². The van der Waals surface area contributed by atoms with E-state index < -0.39 is 5.60 Å². The van der Waals surface area contributed by atoms with Gasteiger partial charge in [-0.3, -0.25) is 9.59 Å². The van der Waals surface area contributed by atoms with Gasteiger partial charge in [-0.25, -0.2) is 0 Å². The lowest BCUT2D eigenvalue weighted by molar-refractivity contribution is -0.123. The molecule has 0 radical (unpaired) electrons. The molecule has 0 amide bonds. The van der Waals surface area contributed by atoms with E-state index in [0.29, 0.717) is 18.4 Å². The number of ketones is 1. The number of allylic oxidation sites excluding steroid dienone is 6. The van der Waals surface area contributed by atoms with Gasteiger partial charge in [0.15, 0.2) is 0 Å². The number of aldehydes is 1. The third kappa shape index (κ3) is 4.41. The maximum atomic E-state index is 12.8.